The highest BCUT2D eigenvalue weighted by Gasteiger charge is 2.21. The Morgan fingerprint density at radius 3 is 2.62 bits per heavy atom. The van der Waals surface area contributed by atoms with Gasteiger partial charge in [-0.05, 0) is 37.3 Å². The highest BCUT2D eigenvalue weighted by Crippen LogP contribution is 2.25. The topological polar surface area (TPSA) is 95.6 Å². The summed E-state index contributed by atoms with van der Waals surface area (Å²) in [5.74, 6) is -0.369. The second-order valence-electron chi connectivity index (χ2n) is 5.79. The molecule has 2 aromatic heterocycles. The molecule has 0 saturated carbocycles. The summed E-state index contributed by atoms with van der Waals surface area (Å²) in [6.07, 6.45) is 0. The van der Waals surface area contributed by atoms with Gasteiger partial charge in [0.05, 0.1) is 22.4 Å². The number of rotatable bonds is 3. The molecule has 0 fully saturated rings. The van der Waals surface area contributed by atoms with Crippen molar-refractivity contribution in [2.45, 2.75) is 6.92 Å². The van der Waals surface area contributed by atoms with Crippen LogP contribution in [0, 0.1) is 6.92 Å². The number of carbonyl (C=O) groups excluding carboxylic acids is 1. The van der Waals surface area contributed by atoms with E-state index in [0.29, 0.717) is 28.0 Å². The molecule has 0 unspecified atom stereocenters. The van der Waals surface area contributed by atoms with Crippen LogP contribution >= 0.6 is 11.6 Å². The lowest BCUT2D eigenvalue weighted by molar-refractivity contribution is 0.102. The van der Waals surface area contributed by atoms with Crippen LogP contribution in [0.2, 0.25) is 5.15 Å². The molecule has 2 aromatic carbocycles. The Hall–Kier alpha value is -3.32. The summed E-state index contributed by atoms with van der Waals surface area (Å²) in [6.45, 7) is 1.73. The number of fused-ring (bicyclic) bond motifs is 1. The van der Waals surface area contributed by atoms with Crippen LogP contribution in [0.5, 0.6) is 0 Å². The molecule has 0 radical (unpaired) electrons. The zero-order valence-electron chi connectivity index (χ0n) is 13.7. The Kier molecular flexibility index (Phi) is 3.85. The van der Waals surface area contributed by atoms with Crippen LogP contribution in [0.3, 0.4) is 0 Å². The average molecular weight is 368 g/mol. The lowest BCUT2D eigenvalue weighted by atomic mass is 10.2. The molecule has 130 valence electrons. The van der Waals surface area contributed by atoms with E-state index in [2.05, 4.69) is 20.4 Å². The van der Waals surface area contributed by atoms with E-state index in [4.69, 9.17) is 11.6 Å². The van der Waals surface area contributed by atoms with E-state index in [0.717, 1.165) is 5.69 Å². The van der Waals surface area contributed by atoms with Crippen molar-refractivity contribution in [1.82, 2.24) is 19.7 Å². The first kappa shape index (κ1) is 16.2. The van der Waals surface area contributed by atoms with E-state index < -0.39 is 0 Å². The highest BCUT2D eigenvalue weighted by molar-refractivity contribution is 6.34. The van der Waals surface area contributed by atoms with Crippen LogP contribution in [0.25, 0.3) is 16.7 Å². The van der Waals surface area contributed by atoms with Crippen molar-refractivity contribution < 1.29 is 4.79 Å². The van der Waals surface area contributed by atoms with Gasteiger partial charge in [0, 0.05) is 5.69 Å². The Morgan fingerprint density at radius 1 is 1.12 bits per heavy atom. The number of halogens is 1. The van der Waals surface area contributed by atoms with Crippen molar-refractivity contribution in [2.24, 2.45) is 0 Å². The number of aromatic amines is 2. The van der Waals surface area contributed by atoms with Crippen molar-refractivity contribution in [2.75, 3.05) is 5.32 Å². The number of hydrogen-bond acceptors (Lipinski definition) is 3. The number of nitrogens with zero attached hydrogens (tertiary/aromatic N) is 2. The van der Waals surface area contributed by atoms with E-state index in [1.807, 2.05) is 30.3 Å². The van der Waals surface area contributed by atoms with Crippen molar-refractivity contribution in [3.8, 4) is 5.69 Å². The largest absolute Gasteiger partial charge is 0.323 e. The monoisotopic (exact) mass is 367 g/mol. The van der Waals surface area contributed by atoms with Gasteiger partial charge in [-0.15, -0.1) is 0 Å². The van der Waals surface area contributed by atoms with Crippen LogP contribution < -0.4 is 11.0 Å². The maximum Gasteiger partial charge on any atom is 0.323 e. The zero-order valence-corrected chi connectivity index (χ0v) is 14.5. The third kappa shape index (κ3) is 2.78. The second kappa shape index (κ2) is 6.20. The molecule has 4 aromatic rings. The smallest absolute Gasteiger partial charge is 0.322 e. The molecule has 0 saturated heterocycles. The lowest BCUT2D eigenvalue weighted by Gasteiger charge is -2.06. The number of amides is 1. The number of imidazole rings is 1. The maximum absolute atomic E-state index is 12.7. The fourth-order valence-electron chi connectivity index (χ4n) is 2.80. The normalized spacial score (nSPS) is 11.0. The molecule has 8 heteroatoms. The molecule has 2 heterocycles. The number of para-hydroxylation sites is 1. The number of aromatic nitrogens is 4. The third-order valence-corrected chi connectivity index (χ3v) is 4.35. The summed E-state index contributed by atoms with van der Waals surface area (Å²) in [6, 6.07) is 14.4. The van der Waals surface area contributed by atoms with E-state index >= 15 is 0 Å². The first-order valence-electron chi connectivity index (χ1n) is 7.87. The SMILES string of the molecule is Cc1nn(-c2ccccc2)c(Cl)c1C(=O)Nc1ccc2[nH]c(=O)[nH]c2c1. The Balaban J connectivity index is 1.67. The van der Waals surface area contributed by atoms with Crippen LogP contribution in [0.1, 0.15) is 16.1 Å². The molecule has 0 atom stereocenters. The van der Waals surface area contributed by atoms with Gasteiger partial charge in [-0.25, -0.2) is 9.48 Å². The van der Waals surface area contributed by atoms with Crippen LogP contribution in [-0.2, 0) is 0 Å². The predicted molar refractivity (Wildman–Crippen MR) is 100 cm³/mol. The van der Waals surface area contributed by atoms with Crippen molar-refractivity contribution in [1.29, 1.82) is 0 Å². The second-order valence-corrected chi connectivity index (χ2v) is 6.15. The van der Waals surface area contributed by atoms with Crippen molar-refractivity contribution in [3.05, 3.63) is 75.4 Å². The summed E-state index contributed by atoms with van der Waals surface area (Å²) in [5.41, 5.74) is 3.11. The molecule has 4 rings (SSSR count). The number of anilines is 1. The van der Waals surface area contributed by atoms with Gasteiger partial charge in [-0.3, -0.25) is 4.79 Å². The predicted octanol–water partition coefficient (Wildman–Crippen LogP) is 3.26. The van der Waals surface area contributed by atoms with E-state index in [9.17, 15) is 9.59 Å². The Labute approximate surface area is 152 Å². The van der Waals surface area contributed by atoms with Gasteiger partial charge in [-0.2, -0.15) is 5.10 Å². The summed E-state index contributed by atoms with van der Waals surface area (Å²) >= 11 is 6.41. The molecule has 0 aliphatic heterocycles. The molecule has 0 aliphatic rings. The van der Waals surface area contributed by atoms with Gasteiger partial charge < -0.3 is 15.3 Å². The van der Waals surface area contributed by atoms with Gasteiger partial charge >= 0.3 is 5.69 Å². The number of H-pyrrole nitrogens is 2. The minimum absolute atomic E-state index is 0.238. The van der Waals surface area contributed by atoms with Crippen LogP contribution in [-0.4, -0.2) is 25.7 Å². The number of nitrogens with one attached hydrogen (secondary N) is 3. The first-order valence-corrected chi connectivity index (χ1v) is 8.24. The third-order valence-electron chi connectivity index (χ3n) is 4.01. The van der Waals surface area contributed by atoms with Crippen LogP contribution in [0.4, 0.5) is 5.69 Å². The summed E-state index contributed by atoms with van der Waals surface area (Å²) in [7, 11) is 0. The fourth-order valence-corrected chi connectivity index (χ4v) is 3.16. The zero-order chi connectivity index (χ0) is 18.3. The quantitative estimate of drug-likeness (QED) is 0.518. The molecule has 0 bridgehead atoms. The minimum atomic E-state index is -0.369. The van der Waals surface area contributed by atoms with Crippen LogP contribution in [0.15, 0.2) is 53.3 Å². The molecule has 7 nitrogen and oxygen atoms in total. The molecule has 0 aliphatic carbocycles. The molecule has 26 heavy (non-hydrogen) atoms. The highest BCUT2D eigenvalue weighted by atomic mass is 35.5. The standard InChI is InChI=1S/C18H14ClN5O2/c1-10-15(16(19)24(23-10)12-5-3-2-4-6-12)17(25)20-11-7-8-13-14(9-11)22-18(26)21-13/h2-9H,1H3,(H,20,25)(H2,21,22,26). The Bertz CT molecular complexity index is 1170. The van der Waals surface area contributed by atoms with E-state index in [1.165, 1.54) is 4.68 Å². The number of hydrogen-bond donors (Lipinski definition) is 3. The molecular weight excluding hydrogens is 354 g/mol. The first-order chi connectivity index (χ1) is 12.5. The van der Waals surface area contributed by atoms with Gasteiger partial charge in [0.1, 0.15) is 10.7 Å². The van der Waals surface area contributed by atoms with E-state index in [-0.39, 0.29) is 16.8 Å². The lowest BCUT2D eigenvalue weighted by Crippen LogP contribution is -2.13. The molecule has 1 amide bonds. The number of benzene rings is 2. The molecule has 0 spiro atoms. The van der Waals surface area contributed by atoms with Gasteiger partial charge in [-0.1, -0.05) is 29.8 Å². The summed E-state index contributed by atoms with van der Waals surface area (Å²) in [4.78, 5) is 29.4. The van der Waals surface area contributed by atoms with Gasteiger partial charge in [0.15, 0.2) is 0 Å². The van der Waals surface area contributed by atoms with Crippen molar-refractivity contribution >= 4 is 34.2 Å². The summed E-state index contributed by atoms with van der Waals surface area (Å²) < 4.78 is 1.53. The Morgan fingerprint density at radius 2 is 1.85 bits per heavy atom. The molecule has 3 N–H and O–H groups in total. The average Bonchev–Trinajstić information content (AvgIpc) is 3.13. The van der Waals surface area contributed by atoms with Gasteiger partial charge in [0.2, 0.25) is 0 Å². The minimum Gasteiger partial charge on any atom is -0.322 e. The van der Waals surface area contributed by atoms with Crippen molar-refractivity contribution in [3.63, 3.8) is 0 Å². The fraction of sp³-hybridized carbons (Fsp3) is 0.0556. The summed E-state index contributed by atoms with van der Waals surface area (Å²) in [5, 5.41) is 7.40. The number of carbonyl (C=O) groups is 1. The van der Waals surface area contributed by atoms with E-state index in [1.54, 1.807) is 25.1 Å². The van der Waals surface area contributed by atoms with Gasteiger partial charge in [0.25, 0.3) is 5.91 Å². The number of aryl methyl sites for hydroxylation is 1. The molecular formula is C18H14ClN5O2. The maximum atomic E-state index is 12.7.